The van der Waals surface area contributed by atoms with E-state index in [1.807, 2.05) is 41.9 Å². The van der Waals surface area contributed by atoms with Crippen LogP contribution in [0.15, 0.2) is 48.5 Å². The van der Waals surface area contributed by atoms with E-state index in [0.717, 1.165) is 16.6 Å². The lowest BCUT2D eigenvalue weighted by atomic mass is 10.2. The lowest BCUT2D eigenvalue weighted by molar-refractivity contribution is 0.481. The highest BCUT2D eigenvalue weighted by atomic mass is 16.3. The first-order valence-corrected chi connectivity index (χ1v) is 5.95. The van der Waals surface area contributed by atoms with Crippen LogP contribution in [0, 0.1) is 6.92 Å². The lowest BCUT2D eigenvalue weighted by Crippen LogP contribution is -2.01. The zero-order valence-electron chi connectivity index (χ0n) is 10.2. The van der Waals surface area contributed by atoms with Crippen LogP contribution in [-0.2, 0) is 6.54 Å². The molecule has 3 heteroatoms. The molecule has 1 aromatic heterocycles. The molecule has 1 N–H and O–H groups in total. The largest absolute Gasteiger partial charge is 0.507 e. The van der Waals surface area contributed by atoms with Crippen LogP contribution in [0.25, 0.3) is 10.9 Å². The van der Waals surface area contributed by atoms with Gasteiger partial charge in [-0.3, -0.25) is 4.68 Å². The molecule has 18 heavy (non-hydrogen) atoms. The molecule has 0 aliphatic carbocycles. The zero-order valence-corrected chi connectivity index (χ0v) is 10.2. The molecule has 0 unspecified atom stereocenters. The summed E-state index contributed by atoms with van der Waals surface area (Å²) in [5, 5.41) is 15.2. The van der Waals surface area contributed by atoms with E-state index in [1.165, 1.54) is 5.56 Å². The van der Waals surface area contributed by atoms with Gasteiger partial charge >= 0.3 is 0 Å². The van der Waals surface area contributed by atoms with E-state index in [0.29, 0.717) is 12.3 Å². The third-order valence-corrected chi connectivity index (χ3v) is 3.11. The monoisotopic (exact) mass is 238 g/mol. The fourth-order valence-corrected chi connectivity index (χ4v) is 2.28. The van der Waals surface area contributed by atoms with Gasteiger partial charge in [-0.25, -0.2) is 0 Å². The number of phenols is 1. The van der Waals surface area contributed by atoms with Crippen molar-refractivity contribution in [1.29, 1.82) is 0 Å². The minimum atomic E-state index is 0.296. The van der Waals surface area contributed by atoms with E-state index in [2.05, 4.69) is 17.2 Å². The van der Waals surface area contributed by atoms with E-state index in [4.69, 9.17) is 0 Å². The summed E-state index contributed by atoms with van der Waals surface area (Å²) in [7, 11) is 0. The van der Waals surface area contributed by atoms with Crippen molar-refractivity contribution < 1.29 is 5.11 Å². The fraction of sp³-hybridized carbons (Fsp3) is 0.133. The Morgan fingerprint density at radius 3 is 2.61 bits per heavy atom. The summed E-state index contributed by atoms with van der Waals surface area (Å²) in [6.45, 7) is 2.64. The van der Waals surface area contributed by atoms with Crippen molar-refractivity contribution >= 4 is 10.9 Å². The van der Waals surface area contributed by atoms with Gasteiger partial charge in [-0.05, 0) is 24.6 Å². The second-order valence-corrected chi connectivity index (χ2v) is 4.40. The smallest absolute Gasteiger partial charge is 0.126 e. The molecule has 0 fully saturated rings. The average Bonchev–Trinajstić information content (AvgIpc) is 2.69. The molecule has 0 amide bonds. The lowest BCUT2D eigenvalue weighted by Gasteiger charge is -2.03. The zero-order chi connectivity index (χ0) is 12.5. The SMILES string of the molecule is Cc1nn(Cc2ccccc2)c2cccc(O)c12. The molecule has 3 nitrogen and oxygen atoms in total. The Balaban J connectivity index is 2.11. The summed E-state index contributed by atoms with van der Waals surface area (Å²) in [6, 6.07) is 15.7. The van der Waals surface area contributed by atoms with Crippen molar-refractivity contribution in [2.45, 2.75) is 13.5 Å². The Hall–Kier alpha value is -2.29. The number of benzene rings is 2. The quantitative estimate of drug-likeness (QED) is 0.745. The van der Waals surface area contributed by atoms with Gasteiger partial charge in [0.2, 0.25) is 0 Å². The molecule has 1 heterocycles. The van der Waals surface area contributed by atoms with Gasteiger partial charge in [0.05, 0.1) is 23.1 Å². The van der Waals surface area contributed by atoms with Crippen molar-refractivity contribution in [3.05, 3.63) is 59.8 Å². The van der Waals surface area contributed by atoms with Crippen LogP contribution in [0.2, 0.25) is 0 Å². The first-order chi connectivity index (χ1) is 8.75. The standard InChI is InChI=1S/C15H14N2O/c1-11-15-13(8-5-9-14(15)18)17(16-11)10-12-6-3-2-4-7-12/h2-9,18H,10H2,1H3. The van der Waals surface area contributed by atoms with Crippen molar-refractivity contribution in [2.24, 2.45) is 0 Å². The topological polar surface area (TPSA) is 38.0 Å². The maximum Gasteiger partial charge on any atom is 0.126 e. The number of aryl methyl sites for hydroxylation is 1. The molecule has 0 aliphatic heterocycles. The summed E-state index contributed by atoms with van der Waals surface area (Å²) >= 11 is 0. The third-order valence-electron chi connectivity index (χ3n) is 3.11. The predicted molar refractivity (Wildman–Crippen MR) is 71.7 cm³/mol. The number of hydrogen-bond acceptors (Lipinski definition) is 2. The maximum absolute atomic E-state index is 9.88. The number of phenolic OH excluding ortho intramolecular Hbond substituents is 1. The summed E-state index contributed by atoms with van der Waals surface area (Å²) in [5.74, 6) is 0.296. The summed E-state index contributed by atoms with van der Waals surface area (Å²) in [4.78, 5) is 0. The van der Waals surface area contributed by atoms with Crippen LogP contribution in [0.3, 0.4) is 0 Å². The molecule has 0 aliphatic rings. The second-order valence-electron chi connectivity index (χ2n) is 4.40. The highest BCUT2D eigenvalue weighted by molar-refractivity contribution is 5.87. The van der Waals surface area contributed by atoms with Crippen molar-refractivity contribution in [1.82, 2.24) is 9.78 Å². The van der Waals surface area contributed by atoms with Gasteiger partial charge in [0.25, 0.3) is 0 Å². The Morgan fingerprint density at radius 2 is 1.83 bits per heavy atom. The maximum atomic E-state index is 9.88. The Morgan fingerprint density at radius 1 is 1.06 bits per heavy atom. The highest BCUT2D eigenvalue weighted by Crippen LogP contribution is 2.27. The number of rotatable bonds is 2. The molecule has 0 bridgehead atoms. The molecule has 3 rings (SSSR count). The molecule has 0 radical (unpaired) electrons. The van der Waals surface area contributed by atoms with E-state index >= 15 is 0 Å². The number of nitrogens with zero attached hydrogens (tertiary/aromatic N) is 2. The molecule has 3 aromatic rings. The Labute approximate surface area is 105 Å². The Kier molecular flexibility index (Phi) is 2.52. The predicted octanol–water partition coefficient (Wildman–Crippen LogP) is 3.10. The molecule has 90 valence electrons. The first kappa shape index (κ1) is 10.8. The number of aromatic nitrogens is 2. The van der Waals surface area contributed by atoms with Crippen LogP contribution in [0.5, 0.6) is 5.75 Å². The van der Waals surface area contributed by atoms with Crippen molar-refractivity contribution in [2.75, 3.05) is 0 Å². The van der Waals surface area contributed by atoms with Crippen LogP contribution >= 0.6 is 0 Å². The summed E-state index contributed by atoms with van der Waals surface area (Å²) in [6.07, 6.45) is 0. The third kappa shape index (κ3) is 1.74. The minimum absolute atomic E-state index is 0.296. The van der Waals surface area contributed by atoms with E-state index in [1.54, 1.807) is 6.07 Å². The molecule has 0 spiro atoms. The highest BCUT2D eigenvalue weighted by Gasteiger charge is 2.10. The molecule has 0 saturated heterocycles. The Bertz CT molecular complexity index is 686. The fourth-order valence-electron chi connectivity index (χ4n) is 2.28. The van der Waals surface area contributed by atoms with Gasteiger partial charge in [0, 0.05) is 0 Å². The number of hydrogen-bond donors (Lipinski definition) is 1. The van der Waals surface area contributed by atoms with Crippen LogP contribution in [-0.4, -0.2) is 14.9 Å². The van der Waals surface area contributed by atoms with Gasteiger partial charge in [-0.15, -0.1) is 0 Å². The van der Waals surface area contributed by atoms with Gasteiger partial charge in [-0.2, -0.15) is 5.10 Å². The van der Waals surface area contributed by atoms with E-state index < -0.39 is 0 Å². The van der Waals surface area contributed by atoms with Crippen LogP contribution in [0.4, 0.5) is 0 Å². The van der Waals surface area contributed by atoms with Gasteiger partial charge in [0.15, 0.2) is 0 Å². The van der Waals surface area contributed by atoms with E-state index in [9.17, 15) is 5.11 Å². The molecule has 0 atom stereocenters. The number of fused-ring (bicyclic) bond motifs is 1. The molecular formula is C15H14N2O. The average molecular weight is 238 g/mol. The first-order valence-electron chi connectivity index (χ1n) is 5.95. The van der Waals surface area contributed by atoms with Crippen molar-refractivity contribution in [3.8, 4) is 5.75 Å². The van der Waals surface area contributed by atoms with Gasteiger partial charge < -0.3 is 5.11 Å². The molecule has 2 aromatic carbocycles. The van der Waals surface area contributed by atoms with E-state index in [-0.39, 0.29) is 0 Å². The molecular weight excluding hydrogens is 224 g/mol. The van der Waals surface area contributed by atoms with Crippen molar-refractivity contribution in [3.63, 3.8) is 0 Å². The second kappa shape index (κ2) is 4.18. The van der Waals surface area contributed by atoms with Crippen LogP contribution < -0.4 is 0 Å². The van der Waals surface area contributed by atoms with Gasteiger partial charge in [-0.1, -0.05) is 36.4 Å². The van der Waals surface area contributed by atoms with Gasteiger partial charge in [0.1, 0.15) is 5.75 Å². The number of aromatic hydroxyl groups is 1. The summed E-state index contributed by atoms with van der Waals surface area (Å²) in [5.41, 5.74) is 3.03. The molecule has 0 saturated carbocycles. The van der Waals surface area contributed by atoms with Crippen LogP contribution in [0.1, 0.15) is 11.3 Å². The minimum Gasteiger partial charge on any atom is -0.507 e. The summed E-state index contributed by atoms with van der Waals surface area (Å²) < 4.78 is 1.93. The normalized spacial score (nSPS) is 10.9.